The van der Waals surface area contributed by atoms with E-state index in [1.807, 2.05) is 4.90 Å². The van der Waals surface area contributed by atoms with Gasteiger partial charge >= 0.3 is 0 Å². The average Bonchev–Trinajstić information content (AvgIpc) is 2.86. The molecule has 2 heterocycles. The summed E-state index contributed by atoms with van der Waals surface area (Å²) >= 11 is 0. The van der Waals surface area contributed by atoms with Crippen molar-refractivity contribution >= 4 is 5.91 Å². The Kier molecular flexibility index (Phi) is 5.22. The summed E-state index contributed by atoms with van der Waals surface area (Å²) in [6, 6.07) is 1.26. The highest BCUT2D eigenvalue weighted by Crippen LogP contribution is 2.25. The Morgan fingerprint density at radius 3 is 2.58 bits per heavy atom. The predicted molar refractivity (Wildman–Crippen MR) is 78.2 cm³/mol. The van der Waals surface area contributed by atoms with Crippen LogP contribution in [-0.2, 0) is 4.79 Å². The third kappa shape index (κ3) is 3.29. The van der Waals surface area contributed by atoms with Gasteiger partial charge in [0.15, 0.2) is 0 Å². The van der Waals surface area contributed by atoms with E-state index in [1.165, 1.54) is 19.4 Å². The van der Waals surface area contributed by atoms with Crippen molar-refractivity contribution in [3.63, 3.8) is 0 Å². The van der Waals surface area contributed by atoms with Gasteiger partial charge in [-0.05, 0) is 39.7 Å². The van der Waals surface area contributed by atoms with E-state index in [9.17, 15) is 4.79 Å². The van der Waals surface area contributed by atoms with Gasteiger partial charge in [-0.15, -0.1) is 0 Å². The summed E-state index contributed by atoms with van der Waals surface area (Å²) in [4.78, 5) is 19.3. The minimum absolute atomic E-state index is 0.301. The zero-order valence-electron chi connectivity index (χ0n) is 12.8. The maximum Gasteiger partial charge on any atom is 0.236 e. The lowest BCUT2D eigenvalue weighted by Crippen LogP contribution is -2.57. The number of nitrogens with zero attached hydrogens (tertiary/aromatic N) is 3. The van der Waals surface area contributed by atoms with Crippen LogP contribution >= 0.6 is 0 Å². The molecule has 0 aliphatic carbocycles. The molecule has 4 nitrogen and oxygen atoms in total. The van der Waals surface area contributed by atoms with Gasteiger partial charge < -0.3 is 4.90 Å². The summed E-state index contributed by atoms with van der Waals surface area (Å²) in [5, 5.41) is 0. The largest absolute Gasteiger partial charge is 0.342 e. The predicted octanol–water partition coefficient (Wildman–Crippen LogP) is 1.41. The topological polar surface area (TPSA) is 26.8 Å². The molecule has 2 atom stereocenters. The molecule has 110 valence electrons. The van der Waals surface area contributed by atoms with Gasteiger partial charge in [-0.25, -0.2) is 0 Å². The molecule has 2 aliphatic heterocycles. The number of carbonyl (C=O) groups excluding carboxylic acids is 1. The molecule has 4 heteroatoms. The zero-order chi connectivity index (χ0) is 13.8. The van der Waals surface area contributed by atoms with Crippen molar-refractivity contribution in [3.8, 4) is 0 Å². The molecule has 0 N–H and O–H groups in total. The first-order chi connectivity index (χ1) is 9.19. The van der Waals surface area contributed by atoms with Crippen molar-refractivity contribution in [3.05, 3.63) is 0 Å². The van der Waals surface area contributed by atoms with Gasteiger partial charge in [0.05, 0.1) is 6.54 Å². The number of hydrogen-bond donors (Lipinski definition) is 0. The normalized spacial score (nSPS) is 28.4. The Morgan fingerprint density at radius 2 is 1.95 bits per heavy atom. The maximum absolute atomic E-state index is 12.3. The molecule has 0 aromatic carbocycles. The van der Waals surface area contributed by atoms with E-state index in [0.717, 1.165) is 32.6 Å². The lowest BCUT2D eigenvalue weighted by Gasteiger charge is -2.43. The summed E-state index contributed by atoms with van der Waals surface area (Å²) in [6.45, 7) is 12.2. The van der Waals surface area contributed by atoms with Gasteiger partial charge in [0.2, 0.25) is 5.91 Å². The van der Waals surface area contributed by atoms with Crippen LogP contribution in [0.1, 0.15) is 40.0 Å². The van der Waals surface area contributed by atoms with Gasteiger partial charge in [0.25, 0.3) is 0 Å². The molecular weight excluding hydrogens is 238 g/mol. The molecule has 0 bridgehead atoms. The standard InChI is InChI=1S/C15H29N3O/c1-4-13-10-17-9-7-8-14(17)11-18(13)12-15(19)16(5-2)6-3/h13-14H,4-12H2,1-3H3/t13-,14-/m0/s1. The quantitative estimate of drug-likeness (QED) is 0.753. The molecule has 19 heavy (non-hydrogen) atoms. The maximum atomic E-state index is 12.3. The second-order valence-electron chi connectivity index (χ2n) is 5.85. The number of hydrogen-bond acceptors (Lipinski definition) is 3. The fraction of sp³-hybridized carbons (Fsp3) is 0.933. The van der Waals surface area contributed by atoms with Crippen LogP contribution in [0, 0.1) is 0 Å². The molecule has 2 aliphatic rings. The molecule has 2 rings (SSSR count). The third-order valence-corrected chi connectivity index (χ3v) is 4.83. The number of fused-ring (bicyclic) bond motifs is 1. The van der Waals surface area contributed by atoms with Crippen LogP contribution in [0.3, 0.4) is 0 Å². The summed E-state index contributed by atoms with van der Waals surface area (Å²) < 4.78 is 0. The molecule has 2 fully saturated rings. The van der Waals surface area contributed by atoms with E-state index in [4.69, 9.17) is 0 Å². The van der Waals surface area contributed by atoms with E-state index in [0.29, 0.717) is 24.5 Å². The van der Waals surface area contributed by atoms with Gasteiger partial charge in [0, 0.05) is 38.3 Å². The highest BCUT2D eigenvalue weighted by atomic mass is 16.2. The molecule has 2 saturated heterocycles. The second kappa shape index (κ2) is 6.71. The van der Waals surface area contributed by atoms with Gasteiger partial charge in [-0.1, -0.05) is 6.92 Å². The van der Waals surface area contributed by atoms with Crippen LogP contribution in [0.25, 0.3) is 0 Å². The van der Waals surface area contributed by atoms with Crippen LogP contribution in [0.2, 0.25) is 0 Å². The minimum atomic E-state index is 0.301. The second-order valence-corrected chi connectivity index (χ2v) is 5.85. The first kappa shape index (κ1) is 14.8. The van der Waals surface area contributed by atoms with Crippen molar-refractivity contribution in [1.82, 2.24) is 14.7 Å². The van der Waals surface area contributed by atoms with Crippen LogP contribution < -0.4 is 0 Å². The Bertz CT molecular complexity index is 304. The fourth-order valence-electron chi connectivity index (χ4n) is 3.58. The first-order valence-electron chi connectivity index (χ1n) is 7.95. The smallest absolute Gasteiger partial charge is 0.236 e. The Labute approximate surface area is 117 Å². The molecular formula is C15H29N3O. The van der Waals surface area contributed by atoms with Crippen LogP contribution in [-0.4, -0.2) is 72.0 Å². The number of carbonyl (C=O) groups is 1. The zero-order valence-corrected chi connectivity index (χ0v) is 12.8. The van der Waals surface area contributed by atoms with Gasteiger partial charge in [-0.2, -0.15) is 0 Å². The van der Waals surface area contributed by atoms with E-state index in [1.54, 1.807) is 0 Å². The van der Waals surface area contributed by atoms with Gasteiger partial charge in [-0.3, -0.25) is 14.6 Å². The number of amides is 1. The molecule has 1 amide bonds. The van der Waals surface area contributed by atoms with Crippen molar-refractivity contribution < 1.29 is 4.79 Å². The van der Waals surface area contributed by atoms with Crippen molar-refractivity contribution in [2.75, 3.05) is 39.3 Å². The highest BCUT2D eigenvalue weighted by molar-refractivity contribution is 5.78. The van der Waals surface area contributed by atoms with Crippen molar-refractivity contribution in [2.45, 2.75) is 52.1 Å². The molecule has 0 spiro atoms. The Morgan fingerprint density at radius 1 is 1.21 bits per heavy atom. The van der Waals surface area contributed by atoms with Crippen molar-refractivity contribution in [1.29, 1.82) is 0 Å². The summed E-state index contributed by atoms with van der Waals surface area (Å²) in [5.41, 5.74) is 0. The van der Waals surface area contributed by atoms with Crippen LogP contribution in [0.15, 0.2) is 0 Å². The first-order valence-corrected chi connectivity index (χ1v) is 7.95. The minimum Gasteiger partial charge on any atom is -0.342 e. The number of likely N-dealkylation sites (N-methyl/N-ethyl adjacent to an activating group) is 1. The van der Waals surface area contributed by atoms with E-state index >= 15 is 0 Å². The fourth-order valence-corrected chi connectivity index (χ4v) is 3.58. The van der Waals surface area contributed by atoms with Crippen LogP contribution in [0.4, 0.5) is 0 Å². The molecule has 0 aromatic heterocycles. The molecule has 0 aromatic rings. The lowest BCUT2D eigenvalue weighted by atomic mass is 10.1. The van der Waals surface area contributed by atoms with E-state index < -0.39 is 0 Å². The molecule has 0 unspecified atom stereocenters. The third-order valence-electron chi connectivity index (χ3n) is 4.83. The summed E-state index contributed by atoms with van der Waals surface area (Å²) in [6.07, 6.45) is 3.79. The van der Waals surface area contributed by atoms with Crippen molar-refractivity contribution in [2.24, 2.45) is 0 Å². The molecule has 0 radical (unpaired) electrons. The summed E-state index contributed by atoms with van der Waals surface area (Å²) in [5.74, 6) is 0.301. The SMILES string of the molecule is CC[C@H]1CN2CCC[C@H]2CN1CC(=O)N(CC)CC. The Balaban J connectivity index is 1.95. The van der Waals surface area contributed by atoms with E-state index in [-0.39, 0.29) is 0 Å². The lowest BCUT2D eigenvalue weighted by molar-refractivity contribution is -0.133. The molecule has 0 saturated carbocycles. The Hall–Kier alpha value is -0.610. The number of piperazine rings is 1. The average molecular weight is 267 g/mol. The summed E-state index contributed by atoms with van der Waals surface area (Å²) in [7, 11) is 0. The highest BCUT2D eigenvalue weighted by Gasteiger charge is 2.36. The van der Waals surface area contributed by atoms with Gasteiger partial charge in [0.1, 0.15) is 0 Å². The van der Waals surface area contributed by atoms with Crippen LogP contribution in [0.5, 0.6) is 0 Å². The number of rotatable bonds is 5. The van der Waals surface area contributed by atoms with E-state index in [2.05, 4.69) is 30.6 Å². The monoisotopic (exact) mass is 267 g/mol.